The van der Waals surface area contributed by atoms with Crippen LogP contribution in [0.1, 0.15) is 26.7 Å². The fourth-order valence-corrected chi connectivity index (χ4v) is 1.20. The van der Waals surface area contributed by atoms with Crippen molar-refractivity contribution in [2.24, 2.45) is 5.73 Å². The van der Waals surface area contributed by atoms with Crippen molar-refractivity contribution in [2.75, 3.05) is 13.2 Å². The number of nitrogens with two attached hydrogens (primary N) is 1. The third kappa shape index (κ3) is 9.26. The van der Waals surface area contributed by atoms with Gasteiger partial charge in [-0.1, -0.05) is 13.2 Å². The number of carbonyl (C=O) groups is 3. The van der Waals surface area contributed by atoms with E-state index in [-0.39, 0.29) is 18.8 Å². The van der Waals surface area contributed by atoms with Gasteiger partial charge in [0.1, 0.15) is 12.7 Å². The molecule has 0 saturated heterocycles. The third-order valence-electron chi connectivity index (χ3n) is 2.29. The van der Waals surface area contributed by atoms with Crippen molar-refractivity contribution in [3.05, 3.63) is 24.3 Å². The number of hydrogen-bond donors (Lipinski definition) is 1. The molecular formula is C14H21NO6. The van der Waals surface area contributed by atoms with Crippen molar-refractivity contribution in [1.82, 2.24) is 0 Å². The molecule has 0 aromatic heterocycles. The summed E-state index contributed by atoms with van der Waals surface area (Å²) in [4.78, 5) is 33.2. The second kappa shape index (κ2) is 9.57. The van der Waals surface area contributed by atoms with Gasteiger partial charge in [-0.3, -0.25) is 0 Å². The SMILES string of the molecule is C=C(C)C(=O)OCCCC(COC(N)=O)OC(=O)C(=C)C. The summed E-state index contributed by atoms with van der Waals surface area (Å²) < 4.78 is 14.6. The Balaban J connectivity index is 4.23. The van der Waals surface area contributed by atoms with E-state index in [9.17, 15) is 14.4 Å². The van der Waals surface area contributed by atoms with Crippen LogP contribution in [0.2, 0.25) is 0 Å². The molecule has 2 N–H and O–H groups in total. The van der Waals surface area contributed by atoms with Gasteiger partial charge in [-0.05, 0) is 26.7 Å². The van der Waals surface area contributed by atoms with Crippen LogP contribution in [-0.4, -0.2) is 37.3 Å². The number of hydrogen-bond acceptors (Lipinski definition) is 6. The van der Waals surface area contributed by atoms with Crippen LogP contribution in [0.4, 0.5) is 4.79 Å². The molecule has 0 fully saturated rings. The lowest BCUT2D eigenvalue weighted by molar-refractivity contribution is -0.147. The first-order valence-electron chi connectivity index (χ1n) is 6.35. The van der Waals surface area contributed by atoms with Gasteiger partial charge in [0.15, 0.2) is 0 Å². The minimum Gasteiger partial charge on any atom is -0.462 e. The summed E-state index contributed by atoms with van der Waals surface area (Å²) in [6.07, 6.45) is -0.865. The van der Waals surface area contributed by atoms with E-state index in [2.05, 4.69) is 17.9 Å². The maximum atomic E-state index is 11.4. The summed E-state index contributed by atoms with van der Waals surface area (Å²) in [5.74, 6) is -1.08. The number of rotatable bonds is 9. The average molecular weight is 299 g/mol. The van der Waals surface area contributed by atoms with Crippen LogP contribution in [0.3, 0.4) is 0 Å². The highest BCUT2D eigenvalue weighted by atomic mass is 16.6. The van der Waals surface area contributed by atoms with Gasteiger partial charge in [0.05, 0.1) is 6.61 Å². The summed E-state index contributed by atoms with van der Waals surface area (Å²) >= 11 is 0. The number of esters is 2. The zero-order valence-electron chi connectivity index (χ0n) is 12.3. The largest absolute Gasteiger partial charge is 0.462 e. The lowest BCUT2D eigenvalue weighted by atomic mass is 10.2. The van der Waals surface area contributed by atoms with Crippen LogP contribution in [-0.2, 0) is 23.8 Å². The van der Waals surface area contributed by atoms with E-state index < -0.39 is 24.1 Å². The zero-order chi connectivity index (χ0) is 16.4. The Morgan fingerprint density at radius 1 is 1.05 bits per heavy atom. The molecule has 0 aliphatic rings. The molecule has 0 radical (unpaired) electrons. The van der Waals surface area contributed by atoms with Crippen molar-refractivity contribution in [3.8, 4) is 0 Å². The number of ether oxygens (including phenoxy) is 3. The van der Waals surface area contributed by atoms with Crippen molar-refractivity contribution in [3.63, 3.8) is 0 Å². The lowest BCUT2D eigenvalue weighted by Gasteiger charge is -2.17. The van der Waals surface area contributed by atoms with Crippen LogP contribution in [0.25, 0.3) is 0 Å². The summed E-state index contributed by atoms with van der Waals surface area (Å²) in [6.45, 7) is 9.93. The Morgan fingerprint density at radius 3 is 2.10 bits per heavy atom. The minimum absolute atomic E-state index is 0.142. The molecule has 0 aromatic carbocycles. The smallest absolute Gasteiger partial charge is 0.404 e. The summed E-state index contributed by atoms with van der Waals surface area (Å²) in [5, 5.41) is 0. The van der Waals surface area contributed by atoms with E-state index in [0.29, 0.717) is 18.4 Å². The van der Waals surface area contributed by atoms with Gasteiger partial charge >= 0.3 is 18.0 Å². The highest BCUT2D eigenvalue weighted by Gasteiger charge is 2.17. The molecule has 7 heteroatoms. The highest BCUT2D eigenvalue weighted by molar-refractivity contribution is 5.87. The fourth-order valence-electron chi connectivity index (χ4n) is 1.20. The maximum absolute atomic E-state index is 11.4. The first-order valence-corrected chi connectivity index (χ1v) is 6.35. The van der Waals surface area contributed by atoms with E-state index in [1.807, 2.05) is 0 Å². The van der Waals surface area contributed by atoms with E-state index in [0.717, 1.165) is 0 Å². The van der Waals surface area contributed by atoms with Crippen molar-refractivity contribution >= 4 is 18.0 Å². The molecule has 0 heterocycles. The first-order chi connectivity index (χ1) is 9.73. The van der Waals surface area contributed by atoms with Gasteiger partial charge in [-0.25, -0.2) is 14.4 Å². The van der Waals surface area contributed by atoms with Crippen molar-refractivity contribution in [2.45, 2.75) is 32.8 Å². The van der Waals surface area contributed by atoms with E-state index in [4.69, 9.17) is 15.2 Å². The Hall–Kier alpha value is -2.31. The fraction of sp³-hybridized carbons (Fsp3) is 0.500. The molecular weight excluding hydrogens is 278 g/mol. The Bertz CT molecular complexity index is 429. The molecule has 1 unspecified atom stereocenters. The lowest BCUT2D eigenvalue weighted by Crippen LogP contribution is -2.27. The van der Waals surface area contributed by atoms with E-state index in [1.165, 1.54) is 6.92 Å². The predicted molar refractivity (Wildman–Crippen MR) is 75.2 cm³/mol. The van der Waals surface area contributed by atoms with Gasteiger partial charge in [-0.2, -0.15) is 0 Å². The molecule has 1 amide bonds. The normalized spacial score (nSPS) is 11.1. The van der Waals surface area contributed by atoms with Gasteiger partial charge in [0, 0.05) is 11.1 Å². The monoisotopic (exact) mass is 299 g/mol. The molecule has 0 aromatic rings. The summed E-state index contributed by atoms with van der Waals surface area (Å²) in [6, 6.07) is 0. The van der Waals surface area contributed by atoms with Gasteiger partial charge in [0.2, 0.25) is 0 Å². The standard InChI is InChI=1S/C14H21NO6/c1-9(2)12(16)19-7-5-6-11(8-20-14(15)18)21-13(17)10(3)4/h11H,1,3,5-8H2,2,4H3,(H2,15,18). The van der Waals surface area contributed by atoms with E-state index in [1.54, 1.807) is 6.92 Å². The number of carbonyl (C=O) groups excluding carboxylic acids is 3. The van der Waals surface area contributed by atoms with Crippen LogP contribution in [0.5, 0.6) is 0 Å². The molecule has 7 nitrogen and oxygen atoms in total. The van der Waals surface area contributed by atoms with Crippen LogP contribution in [0.15, 0.2) is 24.3 Å². The predicted octanol–water partition coefficient (Wildman–Crippen LogP) is 1.47. The zero-order valence-corrected chi connectivity index (χ0v) is 12.3. The van der Waals surface area contributed by atoms with Crippen LogP contribution < -0.4 is 5.73 Å². The minimum atomic E-state index is -0.958. The maximum Gasteiger partial charge on any atom is 0.404 e. The molecule has 1 atom stereocenters. The average Bonchev–Trinajstić information content (AvgIpc) is 2.39. The topological polar surface area (TPSA) is 105 Å². The van der Waals surface area contributed by atoms with Crippen molar-refractivity contribution < 1.29 is 28.6 Å². The highest BCUT2D eigenvalue weighted by Crippen LogP contribution is 2.07. The van der Waals surface area contributed by atoms with Crippen LogP contribution in [0, 0.1) is 0 Å². The second-order valence-corrected chi connectivity index (χ2v) is 4.50. The molecule has 0 aliphatic carbocycles. The Labute approximate surface area is 123 Å². The molecule has 21 heavy (non-hydrogen) atoms. The van der Waals surface area contributed by atoms with E-state index >= 15 is 0 Å². The van der Waals surface area contributed by atoms with Gasteiger partial charge in [-0.15, -0.1) is 0 Å². The molecule has 0 rings (SSSR count). The Morgan fingerprint density at radius 2 is 1.62 bits per heavy atom. The second-order valence-electron chi connectivity index (χ2n) is 4.50. The molecule has 0 saturated carbocycles. The third-order valence-corrected chi connectivity index (χ3v) is 2.29. The Kier molecular flexibility index (Phi) is 8.52. The molecule has 0 aliphatic heterocycles. The molecule has 118 valence electrons. The van der Waals surface area contributed by atoms with Gasteiger partial charge < -0.3 is 19.9 Å². The summed E-state index contributed by atoms with van der Waals surface area (Å²) in [5.41, 5.74) is 5.39. The first kappa shape index (κ1) is 18.7. The van der Waals surface area contributed by atoms with Crippen LogP contribution >= 0.6 is 0 Å². The van der Waals surface area contributed by atoms with Gasteiger partial charge in [0.25, 0.3) is 0 Å². The summed E-state index contributed by atoms with van der Waals surface area (Å²) in [7, 11) is 0. The molecule has 0 spiro atoms. The number of primary amides is 1. The molecule has 0 bridgehead atoms. The van der Waals surface area contributed by atoms with Crippen molar-refractivity contribution in [1.29, 1.82) is 0 Å². The quantitative estimate of drug-likeness (QED) is 0.299. The number of amides is 1.